The average Bonchev–Trinajstić information content (AvgIpc) is 3.73. The molecular formula is C45H30N4O. The van der Waals surface area contributed by atoms with E-state index in [0.717, 1.165) is 67.0 Å². The Morgan fingerprint density at radius 3 is 1.94 bits per heavy atom. The van der Waals surface area contributed by atoms with Crippen LogP contribution in [0.4, 0.5) is 0 Å². The number of benzene rings is 7. The molecule has 0 spiro atoms. The van der Waals surface area contributed by atoms with Crippen molar-refractivity contribution in [2.45, 2.75) is 6.17 Å². The predicted molar refractivity (Wildman–Crippen MR) is 205 cm³/mol. The topological polar surface area (TPSA) is 54.8 Å². The molecule has 0 saturated carbocycles. The molecule has 3 heterocycles. The van der Waals surface area contributed by atoms with Gasteiger partial charge in [-0.25, -0.2) is 9.98 Å². The monoisotopic (exact) mass is 642 g/mol. The maximum Gasteiger partial charge on any atom is 0.169 e. The third-order valence-corrected chi connectivity index (χ3v) is 9.65. The first-order valence-electron chi connectivity index (χ1n) is 16.9. The lowest BCUT2D eigenvalue weighted by Gasteiger charge is -2.22. The van der Waals surface area contributed by atoms with E-state index in [1.807, 2.05) is 36.4 Å². The number of aliphatic imine (C=N–C) groups is 2. The fourth-order valence-corrected chi connectivity index (χ4v) is 7.25. The molecule has 1 aliphatic rings. The number of aromatic nitrogens is 1. The number of para-hydroxylation sites is 2. The quantitative estimate of drug-likeness (QED) is 0.203. The number of hydrogen-bond acceptors (Lipinski definition) is 4. The van der Waals surface area contributed by atoms with Crippen LogP contribution in [0.1, 0.15) is 22.9 Å². The summed E-state index contributed by atoms with van der Waals surface area (Å²) in [6, 6.07) is 59.3. The van der Waals surface area contributed by atoms with Gasteiger partial charge in [-0.05, 0) is 53.6 Å². The van der Waals surface area contributed by atoms with Gasteiger partial charge in [0.15, 0.2) is 6.17 Å². The van der Waals surface area contributed by atoms with E-state index in [2.05, 4.69) is 143 Å². The highest BCUT2D eigenvalue weighted by Crippen LogP contribution is 2.36. The van der Waals surface area contributed by atoms with Crippen LogP contribution in [0.3, 0.4) is 0 Å². The smallest absolute Gasteiger partial charge is 0.169 e. The Morgan fingerprint density at radius 1 is 0.440 bits per heavy atom. The van der Waals surface area contributed by atoms with Crippen LogP contribution in [0.15, 0.2) is 184 Å². The zero-order valence-electron chi connectivity index (χ0n) is 27.0. The molecule has 10 rings (SSSR count). The molecule has 0 bridgehead atoms. The molecule has 0 radical (unpaired) electrons. The Morgan fingerprint density at radius 2 is 1.10 bits per heavy atom. The molecule has 1 unspecified atom stereocenters. The van der Waals surface area contributed by atoms with Crippen LogP contribution in [-0.4, -0.2) is 16.2 Å². The van der Waals surface area contributed by atoms with Crippen LogP contribution in [0.2, 0.25) is 0 Å². The number of nitrogens with one attached hydrogen (secondary N) is 1. The molecule has 0 fully saturated rings. The maximum atomic E-state index is 6.25. The van der Waals surface area contributed by atoms with Gasteiger partial charge < -0.3 is 14.3 Å². The first-order valence-corrected chi connectivity index (χ1v) is 16.9. The fourth-order valence-electron chi connectivity index (χ4n) is 7.25. The van der Waals surface area contributed by atoms with E-state index in [9.17, 15) is 0 Å². The molecule has 236 valence electrons. The zero-order chi connectivity index (χ0) is 33.0. The zero-order valence-corrected chi connectivity index (χ0v) is 27.0. The summed E-state index contributed by atoms with van der Waals surface area (Å²) in [4.78, 5) is 10.3. The minimum atomic E-state index is -0.452. The minimum Gasteiger partial charge on any atom is -0.456 e. The molecule has 0 saturated heterocycles. The standard InChI is InChI=1S/C45H30N4O/c1-3-12-29(13-4-1)31-23-25-40-38(27-31)35-18-7-9-20-39(35)49(40)34-17-11-16-32(26-34)44-46-43(30-14-5-2-6-15-30)47-45(48-44)33-22-24-37-36-19-8-10-21-41(36)50-42(37)28-33/h1-28,45H,(H,46,47,48). The Bertz CT molecular complexity index is 2790. The fraction of sp³-hybridized carbons (Fsp3) is 0.0222. The second-order valence-corrected chi connectivity index (χ2v) is 12.7. The predicted octanol–water partition coefficient (Wildman–Crippen LogP) is 10.8. The SMILES string of the molecule is c1ccc(C2=NC(c3ccc4c(c3)oc3ccccc34)N=C(c3cccc(-n4c5ccccc5c5cc(-c6ccccc6)ccc54)c3)N2)cc1. The van der Waals surface area contributed by atoms with Crippen molar-refractivity contribution < 1.29 is 4.42 Å². The van der Waals surface area contributed by atoms with Crippen molar-refractivity contribution in [1.29, 1.82) is 0 Å². The van der Waals surface area contributed by atoms with E-state index in [0.29, 0.717) is 0 Å². The molecule has 1 atom stereocenters. The molecule has 5 heteroatoms. The summed E-state index contributed by atoms with van der Waals surface area (Å²) in [5.74, 6) is 1.54. The van der Waals surface area contributed by atoms with Gasteiger partial charge in [-0.1, -0.05) is 127 Å². The summed E-state index contributed by atoms with van der Waals surface area (Å²) in [6.07, 6.45) is -0.452. The second kappa shape index (κ2) is 11.5. The molecule has 1 N–H and O–H groups in total. The molecule has 0 aliphatic carbocycles. The molecule has 5 nitrogen and oxygen atoms in total. The van der Waals surface area contributed by atoms with Crippen LogP contribution < -0.4 is 5.32 Å². The Labute approximate surface area is 288 Å². The van der Waals surface area contributed by atoms with Crippen LogP contribution in [0.5, 0.6) is 0 Å². The molecular weight excluding hydrogens is 613 g/mol. The van der Waals surface area contributed by atoms with Gasteiger partial charge in [0.1, 0.15) is 22.8 Å². The third kappa shape index (κ3) is 4.71. The van der Waals surface area contributed by atoms with Gasteiger partial charge >= 0.3 is 0 Å². The van der Waals surface area contributed by atoms with Crippen molar-refractivity contribution in [1.82, 2.24) is 9.88 Å². The molecule has 9 aromatic rings. The van der Waals surface area contributed by atoms with Gasteiger partial charge in [-0.3, -0.25) is 0 Å². The molecule has 0 amide bonds. The highest BCUT2D eigenvalue weighted by atomic mass is 16.3. The molecule has 50 heavy (non-hydrogen) atoms. The van der Waals surface area contributed by atoms with Crippen molar-refractivity contribution in [3.63, 3.8) is 0 Å². The van der Waals surface area contributed by atoms with E-state index >= 15 is 0 Å². The van der Waals surface area contributed by atoms with E-state index < -0.39 is 6.17 Å². The minimum absolute atomic E-state index is 0.452. The van der Waals surface area contributed by atoms with Gasteiger partial charge in [0, 0.05) is 43.9 Å². The summed E-state index contributed by atoms with van der Waals surface area (Å²) in [5.41, 5.74) is 10.5. The summed E-state index contributed by atoms with van der Waals surface area (Å²) >= 11 is 0. The number of fused-ring (bicyclic) bond motifs is 6. The van der Waals surface area contributed by atoms with Crippen LogP contribution in [-0.2, 0) is 0 Å². The number of amidine groups is 2. The van der Waals surface area contributed by atoms with E-state index in [-0.39, 0.29) is 0 Å². The summed E-state index contributed by atoms with van der Waals surface area (Å²) in [7, 11) is 0. The summed E-state index contributed by atoms with van der Waals surface area (Å²) < 4.78 is 8.60. The molecule has 2 aromatic heterocycles. The Balaban J connectivity index is 1.10. The molecule has 7 aromatic carbocycles. The first kappa shape index (κ1) is 28.3. The lowest BCUT2D eigenvalue weighted by Crippen LogP contribution is -2.36. The Hall–Kier alpha value is -6.72. The van der Waals surface area contributed by atoms with E-state index in [1.54, 1.807) is 0 Å². The number of rotatable bonds is 5. The van der Waals surface area contributed by atoms with Gasteiger partial charge in [0.2, 0.25) is 0 Å². The number of nitrogens with zero attached hydrogens (tertiary/aromatic N) is 3. The normalized spacial score (nSPS) is 14.6. The number of furan rings is 1. The van der Waals surface area contributed by atoms with Crippen LogP contribution >= 0.6 is 0 Å². The lowest BCUT2D eigenvalue weighted by molar-refractivity contribution is 0.665. The van der Waals surface area contributed by atoms with Gasteiger partial charge in [-0.15, -0.1) is 0 Å². The Kier molecular flexibility index (Phi) is 6.49. The highest BCUT2D eigenvalue weighted by Gasteiger charge is 2.22. The van der Waals surface area contributed by atoms with E-state index in [4.69, 9.17) is 14.4 Å². The maximum absolute atomic E-state index is 6.25. The lowest BCUT2D eigenvalue weighted by atomic mass is 10.0. The van der Waals surface area contributed by atoms with Gasteiger partial charge in [0.05, 0.1) is 11.0 Å². The van der Waals surface area contributed by atoms with Crippen molar-refractivity contribution in [2.24, 2.45) is 9.98 Å². The highest BCUT2D eigenvalue weighted by molar-refractivity contribution is 6.16. The van der Waals surface area contributed by atoms with Gasteiger partial charge in [-0.2, -0.15) is 0 Å². The van der Waals surface area contributed by atoms with Crippen molar-refractivity contribution >= 4 is 55.4 Å². The first-order chi connectivity index (χ1) is 24.8. The van der Waals surface area contributed by atoms with Crippen LogP contribution in [0.25, 0.3) is 60.6 Å². The average molecular weight is 643 g/mol. The van der Waals surface area contributed by atoms with Crippen molar-refractivity contribution in [3.05, 3.63) is 187 Å². The van der Waals surface area contributed by atoms with Crippen LogP contribution in [0, 0.1) is 0 Å². The van der Waals surface area contributed by atoms with Crippen molar-refractivity contribution in [2.75, 3.05) is 0 Å². The van der Waals surface area contributed by atoms with Gasteiger partial charge in [0.25, 0.3) is 0 Å². The van der Waals surface area contributed by atoms with E-state index in [1.165, 1.54) is 21.9 Å². The molecule has 1 aliphatic heterocycles. The number of hydrogen-bond donors (Lipinski definition) is 1. The largest absolute Gasteiger partial charge is 0.456 e. The van der Waals surface area contributed by atoms with Crippen molar-refractivity contribution in [3.8, 4) is 16.8 Å². The summed E-state index contributed by atoms with van der Waals surface area (Å²) in [5, 5.41) is 8.22. The summed E-state index contributed by atoms with van der Waals surface area (Å²) in [6.45, 7) is 0. The second-order valence-electron chi connectivity index (χ2n) is 12.7. The third-order valence-electron chi connectivity index (χ3n) is 9.65.